The maximum Gasteiger partial charge on any atom is 0.161 e. The number of hydrogen-bond acceptors (Lipinski definition) is 15. The van der Waals surface area contributed by atoms with Gasteiger partial charge in [-0.2, -0.15) is 7.11 Å². The van der Waals surface area contributed by atoms with E-state index in [1.165, 1.54) is 0 Å². The number of aliphatic hydroxyl groups excluding tert-OH is 2. The minimum absolute atomic E-state index is 0. The van der Waals surface area contributed by atoms with Crippen LogP contribution in [0.2, 0.25) is 0 Å². The SMILES string of the molecule is O=[C-]Nc1ccc(Oc2cc(Oc3ccc(N[C-]=O)cc3)cc(Oc3ccc(N[C-]=O)cc3)c2)cc1.O=[C-]O.O=[C-]O.[CH2-]C(=O)O.[CH2-]OC([CH2-])=O.[CH2-]O[C-]=O.[CH2-]O[C-]=O.[Y].[Y].[Y]. The number of anilines is 3. The smallest absolute Gasteiger partial charge is 0.161 e. The number of ether oxygens (including phenoxy) is 6. The number of hydrogen-bond donors (Lipinski definition) is 6. The molecule has 327 valence electrons. The predicted molar refractivity (Wildman–Crippen MR) is 205 cm³/mol. The van der Waals surface area contributed by atoms with Gasteiger partial charge >= 0.3 is 0 Å². The molecule has 0 saturated carbocycles. The van der Waals surface area contributed by atoms with Crippen LogP contribution in [0, 0.1) is 35.2 Å². The summed E-state index contributed by atoms with van der Waals surface area (Å²) in [4.78, 5) is 83.8. The molecule has 0 heterocycles. The molecule has 62 heavy (non-hydrogen) atoms. The summed E-state index contributed by atoms with van der Waals surface area (Å²) in [6.07, 6.45) is 4.85. The molecular formula is C38H31N3O18Y3-12. The fourth-order valence-electron chi connectivity index (χ4n) is 3.13. The molecule has 4 aromatic carbocycles. The minimum atomic E-state index is -1.08. The molecule has 3 radical (unpaired) electrons. The van der Waals surface area contributed by atoms with Crippen LogP contribution in [0.4, 0.5) is 17.1 Å². The van der Waals surface area contributed by atoms with E-state index in [1.807, 2.05) is 0 Å². The molecule has 24 heteroatoms. The van der Waals surface area contributed by atoms with Crippen LogP contribution < -0.4 is 30.2 Å². The van der Waals surface area contributed by atoms with Crippen LogP contribution in [0.15, 0.2) is 91.0 Å². The summed E-state index contributed by atoms with van der Waals surface area (Å²) in [6, 6.07) is 25.3. The van der Waals surface area contributed by atoms with Gasteiger partial charge in [0.1, 0.15) is 40.5 Å². The molecule has 0 fully saturated rings. The first-order valence-electron chi connectivity index (χ1n) is 14.6. The summed E-state index contributed by atoms with van der Waals surface area (Å²) in [7, 11) is 8.13. The fraction of sp³-hybridized carbons (Fsp3) is 0. The Labute approximate surface area is 431 Å². The topological polar surface area (TPSA) is 306 Å². The van der Waals surface area contributed by atoms with Crippen molar-refractivity contribution in [1.82, 2.24) is 0 Å². The van der Waals surface area contributed by atoms with Gasteiger partial charge in [-0.05, 0) is 36.4 Å². The molecule has 4 rings (SSSR count). The van der Waals surface area contributed by atoms with Gasteiger partial charge in [0.15, 0.2) is 5.97 Å². The largest absolute Gasteiger partial charge is 0.816 e. The number of aliphatic carboxylic acids is 1. The summed E-state index contributed by atoms with van der Waals surface area (Å²) in [5, 5.41) is 28.2. The summed E-state index contributed by atoms with van der Waals surface area (Å²) in [5.41, 5.74) is 1.73. The Balaban J connectivity index is -0.000000251. The molecule has 0 aliphatic carbocycles. The molecule has 0 aliphatic rings. The van der Waals surface area contributed by atoms with Gasteiger partial charge in [-0.25, -0.2) is 14.2 Å². The predicted octanol–water partition coefficient (Wildman–Crippen LogP) is 4.50. The van der Waals surface area contributed by atoms with Gasteiger partial charge in [-0.1, -0.05) is 12.9 Å². The van der Waals surface area contributed by atoms with Crippen LogP contribution in [0.3, 0.4) is 0 Å². The normalized spacial score (nSPS) is 7.79. The zero-order chi connectivity index (χ0) is 45.3. The Kier molecular flexibility index (Phi) is 53.1. The third kappa shape index (κ3) is 41.3. The van der Waals surface area contributed by atoms with E-state index < -0.39 is 11.9 Å². The van der Waals surface area contributed by atoms with Crippen molar-refractivity contribution in [3.8, 4) is 34.5 Å². The van der Waals surface area contributed by atoms with Crippen LogP contribution in [0.1, 0.15) is 0 Å². The molecule has 0 saturated heterocycles. The van der Waals surface area contributed by atoms with Crippen LogP contribution in [0.5, 0.6) is 34.5 Å². The van der Waals surface area contributed by atoms with Gasteiger partial charge in [0.25, 0.3) is 0 Å². The summed E-state index contributed by atoms with van der Waals surface area (Å²) < 4.78 is 28.7. The molecule has 3 amide bonds. The van der Waals surface area contributed by atoms with E-state index in [2.05, 4.69) is 65.3 Å². The van der Waals surface area contributed by atoms with Gasteiger partial charge in [-0.15, -0.1) is 66.4 Å². The number of esters is 1. The number of amides is 3. The third-order valence-electron chi connectivity index (χ3n) is 4.99. The Bertz CT molecular complexity index is 1610. The average molecular weight is 1080 g/mol. The Hall–Kier alpha value is -5.44. The van der Waals surface area contributed by atoms with Crippen LogP contribution >= 0.6 is 0 Å². The number of carbonyl (C=O) groups excluding carboxylic acids is 6. The van der Waals surface area contributed by atoms with E-state index in [1.54, 1.807) is 110 Å². The van der Waals surface area contributed by atoms with Crippen molar-refractivity contribution >= 4 is 74.1 Å². The second-order valence-electron chi connectivity index (χ2n) is 8.75. The van der Waals surface area contributed by atoms with Crippen molar-refractivity contribution in [2.45, 2.75) is 0 Å². The maximum absolute atomic E-state index is 10.5. The molecule has 0 bridgehead atoms. The maximum atomic E-state index is 10.5. The molecule has 4 aromatic rings. The van der Waals surface area contributed by atoms with Crippen LogP contribution in [-0.2, 0) is 155 Å². The average Bonchev–Trinajstić information content (AvgIpc) is 3.21. The van der Waals surface area contributed by atoms with E-state index >= 15 is 0 Å². The first kappa shape index (κ1) is 68.3. The van der Waals surface area contributed by atoms with Crippen molar-refractivity contribution in [3.05, 3.63) is 126 Å². The Morgan fingerprint density at radius 2 is 0.645 bits per heavy atom. The summed E-state index contributed by atoms with van der Waals surface area (Å²) >= 11 is 0. The third-order valence-corrected chi connectivity index (χ3v) is 4.99. The number of benzene rings is 4. The quantitative estimate of drug-likeness (QED) is 0.0438. The van der Waals surface area contributed by atoms with Crippen LogP contribution in [-0.4, -0.2) is 72.4 Å². The van der Waals surface area contributed by atoms with Crippen molar-refractivity contribution in [2.75, 3.05) is 16.0 Å². The van der Waals surface area contributed by atoms with Gasteiger partial charge < -0.3 is 100 Å². The van der Waals surface area contributed by atoms with E-state index in [4.69, 9.17) is 53.5 Å². The van der Waals surface area contributed by atoms with E-state index in [9.17, 15) is 19.2 Å². The monoisotopic (exact) mass is 1080 g/mol. The second kappa shape index (κ2) is 48.2. The first-order valence-corrected chi connectivity index (χ1v) is 14.6. The van der Waals surface area contributed by atoms with Gasteiger partial charge in [0.2, 0.25) is 0 Å². The molecule has 0 aromatic heterocycles. The zero-order valence-corrected chi connectivity index (χ0v) is 40.4. The van der Waals surface area contributed by atoms with Crippen molar-refractivity contribution in [1.29, 1.82) is 0 Å². The molecule has 21 nitrogen and oxygen atoms in total. The number of carboxylic acids is 1. The van der Waals surface area contributed by atoms with Gasteiger partial charge in [-0.3, -0.25) is 16.5 Å². The molecule has 6 N–H and O–H groups in total. The summed E-state index contributed by atoms with van der Waals surface area (Å²) in [5.74, 6) is 1.19. The first-order chi connectivity index (χ1) is 28.3. The van der Waals surface area contributed by atoms with E-state index in [0.29, 0.717) is 64.5 Å². The molecule has 0 aliphatic heterocycles. The molecule has 0 unspecified atom stereocenters. The molecule has 0 atom stereocenters. The number of carbonyl (C=O) groups is 2. The number of nitrogens with one attached hydrogen (secondary N) is 3. The van der Waals surface area contributed by atoms with Gasteiger partial charge in [0.05, 0.1) is 19.2 Å². The standard InChI is InChI=1S/C27H18N3O6.C3H4O2.2C2H2O2.C2H3O2.2CHO2.3Y/c31-16-28-19-1-7-22(8-2-19)34-25-13-26(35-23-9-3-20(4-10-23)29-17-32)15-27(14-25)36-24-11-5-21(6-12-24)30-18-33;1-3(4)5-2;2*1-4-2-3;1-2(3)4;2*2-1-3;;;/h1-15H,(H,28,31)(H,29,32)(H,30,33);1-2H2;2*1H2;1H2,(H,3,4);2*(H,2,3);;;/q-3;3*-2;3*-1;;;. The second-order valence-corrected chi connectivity index (χ2v) is 8.75. The Morgan fingerprint density at radius 3 is 0.774 bits per heavy atom. The fourth-order valence-corrected chi connectivity index (χ4v) is 3.13. The number of rotatable bonds is 14. The van der Waals surface area contributed by atoms with Gasteiger partial charge in [0, 0.05) is 116 Å². The van der Waals surface area contributed by atoms with Crippen LogP contribution in [0.25, 0.3) is 0 Å². The zero-order valence-electron chi connectivity index (χ0n) is 31.9. The van der Waals surface area contributed by atoms with E-state index in [-0.39, 0.29) is 98.1 Å². The number of carboxylic acid groups (broad SMARTS) is 1. The molecule has 0 spiro atoms. The summed E-state index contributed by atoms with van der Waals surface area (Å²) in [6.45, 7) is 8.53. The minimum Gasteiger partial charge on any atom is -0.816 e. The van der Waals surface area contributed by atoms with E-state index in [0.717, 1.165) is 12.9 Å². The molecular weight excluding hydrogens is 1050 g/mol. The van der Waals surface area contributed by atoms with Crippen molar-refractivity contribution in [2.24, 2.45) is 0 Å². The van der Waals surface area contributed by atoms with Crippen molar-refractivity contribution < 1.29 is 185 Å². The Morgan fingerprint density at radius 1 is 0.468 bits per heavy atom. The van der Waals surface area contributed by atoms with Crippen molar-refractivity contribution in [3.63, 3.8) is 0 Å².